The van der Waals surface area contributed by atoms with Crippen LogP contribution < -0.4 is 0 Å². The van der Waals surface area contributed by atoms with Crippen molar-refractivity contribution in [1.29, 1.82) is 0 Å². The summed E-state index contributed by atoms with van der Waals surface area (Å²) in [6.45, 7) is -0.134. The van der Waals surface area contributed by atoms with Crippen molar-refractivity contribution >= 4 is 11.7 Å². The highest BCUT2D eigenvalue weighted by Crippen LogP contribution is 2.14. The monoisotopic (exact) mass is 287 g/mol. The van der Waals surface area contributed by atoms with Gasteiger partial charge in [0.25, 0.3) is 5.69 Å². The van der Waals surface area contributed by atoms with Crippen molar-refractivity contribution < 1.29 is 19.6 Å². The van der Waals surface area contributed by atoms with Crippen molar-refractivity contribution in [2.45, 2.75) is 13.2 Å². The Bertz CT molecular complexity index is 651. The number of ether oxygens (including phenoxy) is 1. The van der Waals surface area contributed by atoms with Crippen LogP contribution in [0.3, 0.4) is 0 Å². The smallest absolute Gasteiger partial charge is 0.338 e. The van der Waals surface area contributed by atoms with Crippen LogP contribution in [0.2, 0.25) is 0 Å². The van der Waals surface area contributed by atoms with Gasteiger partial charge in [0.1, 0.15) is 6.61 Å². The largest absolute Gasteiger partial charge is 0.457 e. The summed E-state index contributed by atoms with van der Waals surface area (Å²) in [4.78, 5) is 22.0. The molecule has 1 N–H and O–H groups in total. The number of aliphatic hydroxyl groups excluding tert-OH is 1. The maximum absolute atomic E-state index is 11.8. The van der Waals surface area contributed by atoms with Gasteiger partial charge >= 0.3 is 5.97 Å². The number of benzene rings is 2. The van der Waals surface area contributed by atoms with Crippen LogP contribution in [0.1, 0.15) is 21.5 Å². The van der Waals surface area contributed by atoms with Gasteiger partial charge in [0.2, 0.25) is 0 Å². The molecule has 0 fully saturated rings. The Balaban J connectivity index is 2.00. The summed E-state index contributed by atoms with van der Waals surface area (Å²) >= 11 is 0. The first-order valence-electron chi connectivity index (χ1n) is 6.20. The fraction of sp³-hybridized carbons (Fsp3) is 0.133. The summed E-state index contributed by atoms with van der Waals surface area (Å²) in [5, 5.41) is 19.6. The highest BCUT2D eigenvalue weighted by atomic mass is 16.6. The van der Waals surface area contributed by atoms with Gasteiger partial charge in [0.15, 0.2) is 0 Å². The standard InChI is InChI=1S/C15H13NO5/c17-9-11-4-6-13(7-5-11)15(18)21-10-12-2-1-3-14(8-12)16(19)20/h1-8,17H,9-10H2. The molecule has 108 valence electrons. The number of nitrogens with zero attached hydrogens (tertiary/aromatic N) is 1. The second-order valence-corrected chi connectivity index (χ2v) is 4.36. The number of esters is 1. The summed E-state index contributed by atoms with van der Waals surface area (Å²) in [7, 11) is 0. The quantitative estimate of drug-likeness (QED) is 0.518. The summed E-state index contributed by atoms with van der Waals surface area (Å²) in [5.74, 6) is -0.522. The maximum Gasteiger partial charge on any atom is 0.338 e. The Morgan fingerprint density at radius 1 is 1.14 bits per heavy atom. The van der Waals surface area contributed by atoms with Crippen molar-refractivity contribution in [2.75, 3.05) is 0 Å². The lowest BCUT2D eigenvalue weighted by atomic mass is 10.1. The van der Waals surface area contributed by atoms with Crippen LogP contribution in [0.4, 0.5) is 5.69 Å². The zero-order valence-corrected chi connectivity index (χ0v) is 11.1. The van der Waals surface area contributed by atoms with Crippen LogP contribution in [0.5, 0.6) is 0 Å². The zero-order valence-electron chi connectivity index (χ0n) is 11.1. The number of aliphatic hydroxyl groups is 1. The number of non-ortho nitro benzene ring substituents is 1. The van der Waals surface area contributed by atoms with Gasteiger partial charge in [-0.2, -0.15) is 0 Å². The molecule has 0 amide bonds. The van der Waals surface area contributed by atoms with E-state index < -0.39 is 10.9 Å². The van der Waals surface area contributed by atoms with Crippen LogP contribution in [0, 0.1) is 10.1 Å². The first-order valence-corrected chi connectivity index (χ1v) is 6.20. The molecule has 6 heteroatoms. The van der Waals surface area contributed by atoms with E-state index in [1.807, 2.05) is 0 Å². The number of hydrogen-bond acceptors (Lipinski definition) is 5. The Labute approximate surface area is 120 Å². The van der Waals surface area contributed by atoms with Gasteiger partial charge < -0.3 is 9.84 Å². The molecule has 0 aromatic heterocycles. The Morgan fingerprint density at radius 2 is 1.86 bits per heavy atom. The molecule has 0 atom stereocenters. The van der Waals surface area contributed by atoms with Gasteiger partial charge in [-0.05, 0) is 23.3 Å². The molecule has 0 aliphatic rings. The van der Waals surface area contributed by atoms with Crippen molar-refractivity contribution in [1.82, 2.24) is 0 Å². The third kappa shape index (κ3) is 3.87. The van der Waals surface area contributed by atoms with Crippen molar-refractivity contribution in [2.24, 2.45) is 0 Å². The molecule has 21 heavy (non-hydrogen) atoms. The zero-order chi connectivity index (χ0) is 15.2. The summed E-state index contributed by atoms with van der Waals surface area (Å²) in [6.07, 6.45) is 0. The van der Waals surface area contributed by atoms with Gasteiger partial charge in [-0.15, -0.1) is 0 Å². The van der Waals surface area contributed by atoms with Crippen LogP contribution >= 0.6 is 0 Å². The van der Waals surface area contributed by atoms with Crippen molar-refractivity contribution in [3.8, 4) is 0 Å². The normalized spacial score (nSPS) is 10.1. The predicted molar refractivity (Wildman–Crippen MR) is 74.6 cm³/mol. The van der Waals surface area contributed by atoms with E-state index in [-0.39, 0.29) is 18.9 Å². The van der Waals surface area contributed by atoms with Crippen LogP contribution in [-0.2, 0) is 18.0 Å². The lowest BCUT2D eigenvalue weighted by Gasteiger charge is -2.05. The first-order chi connectivity index (χ1) is 10.1. The average Bonchev–Trinajstić information content (AvgIpc) is 2.53. The summed E-state index contributed by atoms with van der Waals surface area (Å²) < 4.78 is 5.10. The Hall–Kier alpha value is -2.73. The molecule has 2 aromatic rings. The van der Waals surface area contributed by atoms with Gasteiger partial charge in [-0.25, -0.2) is 4.79 Å². The minimum absolute atomic E-state index is 0.0394. The molecule has 0 radical (unpaired) electrons. The minimum Gasteiger partial charge on any atom is -0.457 e. The van der Waals surface area contributed by atoms with Crippen molar-refractivity contribution in [3.63, 3.8) is 0 Å². The van der Waals surface area contributed by atoms with E-state index in [9.17, 15) is 14.9 Å². The highest BCUT2D eigenvalue weighted by molar-refractivity contribution is 5.89. The van der Waals surface area contributed by atoms with Crippen molar-refractivity contribution in [3.05, 3.63) is 75.3 Å². The van der Waals surface area contributed by atoms with E-state index >= 15 is 0 Å². The second-order valence-electron chi connectivity index (χ2n) is 4.36. The molecule has 0 aliphatic heterocycles. The van der Waals surface area contributed by atoms with E-state index in [2.05, 4.69) is 0 Å². The number of carbonyl (C=O) groups excluding carboxylic acids is 1. The molecule has 0 bridgehead atoms. The summed E-state index contributed by atoms with van der Waals surface area (Å²) in [5.41, 5.74) is 1.56. The number of rotatable bonds is 5. The van der Waals surface area contributed by atoms with Gasteiger partial charge in [-0.1, -0.05) is 24.3 Å². The van der Waals surface area contributed by atoms with Gasteiger partial charge in [0, 0.05) is 12.1 Å². The maximum atomic E-state index is 11.8. The molecule has 0 aliphatic carbocycles. The van der Waals surface area contributed by atoms with Gasteiger partial charge in [-0.3, -0.25) is 10.1 Å². The molecule has 0 unspecified atom stereocenters. The van der Waals surface area contributed by atoms with E-state index in [4.69, 9.17) is 9.84 Å². The van der Waals surface area contributed by atoms with E-state index in [0.717, 1.165) is 0 Å². The minimum atomic E-state index is -0.522. The second kappa shape index (κ2) is 6.62. The molecule has 6 nitrogen and oxygen atoms in total. The number of carbonyl (C=O) groups is 1. The molecule has 0 spiro atoms. The Kier molecular flexibility index (Phi) is 4.63. The first kappa shape index (κ1) is 14.7. The molecule has 0 saturated carbocycles. The molecule has 2 aromatic carbocycles. The van der Waals surface area contributed by atoms with E-state index in [1.165, 1.54) is 18.2 Å². The van der Waals surface area contributed by atoms with E-state index in [1.54, 1.807) is 30.3 Å². The topological polar surface area (TPSA) is 89.7 Å². The average molecular weight is 287 g/mol. The third-order valence-electron chi connectivity index (χ3n) is 2.86. The lowest BCUT2D eigenvalue weighted by Crippen LogP contribution is -2.05. The summed E-state index contributed by atoms with van der Waals surface area (Å²) in [6, 6.07) is 12.3. The molecule has 2 rings (SSSR count). The highest BCUT2D eigenvalue weighted by Gasteiger charge is 2.09. The fourth-order valence-electron chi connectivity index (χ4n) is 1.74. The fourth-order valence-corrected chi connectivity index (χ4v) is 1.74. The SMILES string of the molecule is O=C(OCc1cccc([N+](=O)[O-])c1)c1ccc(CO)cc1. The van der Waals surface area contributed by atoms with Gasteiger partial charge in [0.05, 0.1) is 17.1 Å². The number of nitro benzene ring substituents is 1. The predicted octanol–water partition coefficient (Wildman–Crippen LogP) is 2.44. The lowest BCUT2D eigenvalue weighted by molar-refractivity contribution is -0.384. The molecule has 0 saturated heterocycles. The number of hydrogen-bond donors (Lipinski definition) is 1. The van der Waals surface area contributed by atoms with Crippen LogP contribution in [0.15, 0.2) is 48.5 Å². The van der Waals surface area contributed by atoms with Crippen LogP contribution in [-0.4, -0.2) is 16.0 Å². The molecular weight excluding hydrogens is 274 g/mol. The molecular formula is C15H13NO5. The molecule has 0 heterocycles. The third-order valence-corrected chi connectivity index (χ3v) is 2.86. The Morgan fingerprint density at radius 3 is 2.48 bits per heavy atom. The van der Waals surface area contributed by atoms with E-state index in [0.29, 0.717) is 16.7 Å². The number of nitro groups is 1. The van der Waals surface area contributed by atoms with Crippen LogP contribution in [0.25, 0.3) is 0 Å².